The van der Waals surface area contributed by atoms with Crippen LogP contribution >= 0.6 is 0 Å². The smallest absolute Gasteiger partial charge is 0.120 e. The molecule has 0 atom stereocenters. The third-order valence-corrected chi connectivity index (χ3v) is 1.70. The van der Waals surface area contributed by atoms with Crippen LogP contribution in [-0.4, -0.2) is 14.4 Å². The molecule has 0 aliphatic rings. The van der Waals surface area contributed by atoms with Crippen LogP contribution in [0.1, 0.15) is 13.8 Å². The van der Waals surface area contributed by atoms with Crippen molar-refractivity contribution in [2.75, 3.05) is 7.11 Å². The summed E-state index contributed by atoms with van der Waals surface area (Å²) in [5, 5.41) is 0. The highest BCUT2D eigenvalue weighted by molar-refractivity contribution is 6.55. The lowest BCUT2D eigenvalue weighted by Gasteiger charge is -2.23. The van der Waals surface area contributed by atoms with E-state index in [1.54, 1.807) is 13.2 Å². The fourth-order valence-corrected chi connectivity index (χ4v) is 1.19. The van der Waals surface area contributed by atoms with Gasteiger partial charge in [0.2, 0.25) is 0 Å². The van der Waals surface area contributed by atoms with Gasteiger partial charge in [0, 0.05) is 0 Å². The van der Waals surface area contributed by atoms with E-state index in [1.807, 2.05) is 21.1 Å². The lowest BCUT2D eigenvalue weighted by atomic mass is 9.60. The van der Waals surface area contributed by atoms with Gasteiger partial charge in [0.1, 0.15) is 5.82 Å². The number of hydrogen-bond donors (Lipinski definition) is 0. The molecule has 1 aromatic carbocycles. The quantitative estimate of drug-likeness (QED) is 0.644. The summed E-state index contributed by atoms with van der Waals surface area (Å²) in [7, 11) is 3.56. The van der Waals surface area contributed by atoms with Crippen molar-refractivity contribution < 1.29 is 9.13 Å². The van der Waals surface area contributed by atoms with E-state index >= 15 is 0 Å². The van der Waals surface area contributed by atoms with E-state index in [0.29, 0.717) is 5.82 Å². The summed E-state index contributed by atoms with van der Waals surface area (Å²) in [5.41, 5.74) is 0.817. The van der Waals surface area contributed by atoms with Crippen molar-refractivity contribution in [2.45, 2.75) is 19.7 Å². The van der Waals surface area contributed by atoms with Gasteiger partial charge in [0.25, 0.3) is 0 Å². The molecule has 70 valence electrons. The van der Waals surface area contributed by atoms with Gasteiger partial charge in [-0.05, 0) is 12.1 Å². The summed E-state index contributed by atoms with van der Waals surface area (Å²) in [6.07, 6.45) is 0. The first kappa shape index (κ1) is 10.1. The van der Waals surface area contributed by atoms with E-state index in [9.17, 15) is 4.39 Å². The summed E-state index contributed by atoms with van der Waals surface area (Å²) < 4.78 is 18.0. The summed E-state index contributed by atoms with van der Waals surface area (Å²) in [5.74, 6) is 0.874. The molecule has 0 unspecified atom stereocenters. The van der Waals surface area contributed by atoms with E-state index in [1.165, 1.54) is 12.1 Å². The van der Waals surface area contributed by atoms with Crippen LogP contribution in [0.3, 0.4) is 0 Å². The Morgan fingerprint density at radius 3 is 2.62 bits per heavy atom. The van der Waals surface area contributed by atoms with Gasteiger partial charge < -0.3 is 4.74 Å². The van der Waals surface area contributed by atoms with Gasteiger partial charge in [-0.1, -0.05) is 19.9 Å². The standard InChI is InChI=1S/C10H13BFO/c1-7(2)11-9-6-8(12)4-5-10(9)13-3/h4-7H,1-3H3/q-1. The minimum Gasteiger partial charge on any atom is -0.500 e. The number of rotatable bonds is 3. The van der Waals surface area contributed by atoms with Crippen LogP contribution in [-0.2, 0) is 0 Å². The van der Waals surface area contributed by atoms with Gasteiger partial charge in [-0.15, -0.1) is 0 Å². The Morgan fingerprint density at radius 2 is 2.08 bits per heavy atom. The Labute approximate surface area is 79.2 Å². The van der Waals surface area contributed by atoms with Crippen molar-refractivity contribution in [1.29, 1.82) is 0 Å². The Balaban J connectivity index is 2.94. The highest BCUT2D eigenvalue weighted by Gasteiger charge is 1.95. The van der Waals surface area contributed by atoms with Gasteiger partial charge in [-0.3, -0.25) is 7.28 Å². The van der Waals surface area contributed by atoms with Crippen LogP contribution in [0.2, 0.25) is 5.82 Å². The molecular weight excluding hydrogens is 166 g/mol. The average molecular weight is 179 g/mol. The number of methoxy groups -OCH3 is 1. The zero-order valence-corrected chi connectivity index (χ0v) is 8.17. The molecule has 3 heteroatoms. The number of hydrogen-bond acceptors (Lipinski definition) is 1. The molecule has 0 bridgehead atoms. The van der Waals surface area contributed by atoms with E-state index < -0.39 is 0 Å². The summed E-state index contributed by atoms with van der Waals surface area (Å²) >= 11 is 0. The summed E-state index contributed by atoms with van der Waals surface area (Å²) in [6.45, 7) is 4.09. The van der Waals surface area contributed by atoms with Crippen molar-refractivity contribution in [3.8, 4) is 5.75 Å². The second kappa shape index (κ2) is 4.31. The molecule has 13 heavy (non-hydrogen) atoms. The first-order valence-corrected chi connectivity index (χ1v) is 4.32. The Bertz CT molecular complexity index is 286. The SMILES string of the molecule is COc1ccc(F)cc1[B-]C(C)C. The second-order valence-electron chi connectivity index (χ2n) is 3.30. The third kappa shape index (κ3) is 2.76. The maximum atomic E-state index is 12.9. The molecule has 0 amide bonds. The predicted molar refractivity (Wildman–Crippen MR) is 53.4 cm³/mol. The molecule has 1 aromatic rings. The molecular formula is C10H13BFO-. The number of benzene rings is 1. The van der Waals surface area contributed by atoms with Gasteiger partial charge in [-0.2, -0.15) is 0 Å². The minimum atomic E-state index is -0.229. The largest absolute Gasteiger partial charge is 0.500 e. The maximum Gasteiger partial charge on any atom is 0.120 e. The lowest BCUT2D eigenvalue weighted by Crippen LogP contribution is -2.19. The van der Waals surface area contributed by atoms with Crippen LogP contribution in [0.15, 0.2) is 18.2 Å². The fraction of sp³-hybridized carbons (Fsp3) is 0.400. The van der Waals surface area contributed by atoms with Crippen LogP contribution in [0.4, 0.5) is 4.39 Å². The molecule has 0 fully saturated rings. The van der Waals surface area contributed by atoms with E-state index in [4.69, 9.17) is 4.74 Å². The van der Waals surface area contributed by atoms with Crippen LogP contribution in [0.25, 0.3) is 0 Å². The molecule has 0 aromatic heterocycles. The second-order valence-corrected chi connectivity index (χ2v) is 3.30. The van der Waals surface area contributed by atoms with Crippen LogP contribution in [0, 0.1) is 5.82 Å². The van der Waals surface area contributed by atoms with Gasteiger partial charge in [-0.25, -0.2) is 15.7 Å². The van der Waals surface area contributed by atoms with Crippen molar-refractivity contribution >= 4 is 12.7 Å². The molecule has 0 aliphatic carbocycles. The lowest BCUT2D eigenvalue weighted by molar-refractivity contribution is 0.417. The Kier molecular flexibility index (Phi) is 3.35. The molecule has 0 spiro atoms. The molecule has 0 aliphatic heterocycles. The molecule has 0 heterocycles. The molecule has 1 nitrogen and oxygen atoms in total. The predicted octanol–water partition coefficient (Wildman–Crippen LogP) is 1.99. The maximum absolute atomic E-state index is 12.9. The van der Waals surface area contributed by atoms with E-state index in [-0.39, 0.29) is 5.82 Å². The minimum absolute atomic E-state index is 0.229. The third-order valence-electron chi connectivity index (χ3n) is 1.70. The average Bonchev–Trinajstić information content (AvgIpc) is 2.03. The van der Waals surface area contributed by atoms with E-state index in [0.717, 1.165) is 11.2 Å². The van der Waals surface area contributed by atoms with E-state index in [2.05, 4.69) is 0 Å². The Hall–Kier alpha value is -0.985. The van der Waals surface area contributed by atoms with Gasteiger partial charge in [0.15, 0.2) is 0 Å². The zero-order valence-electron chi connectivity index (χ0n) is 8.17. The van der Waals surface area contributed by atoms with Crippen molar-refractivity contribution in [3.05, 3.63) is 24.0 Å². The first-order chi connectivity index (χ1) is 6.13. The fourth-order valence-electron chi connectivity index (χ4n) is 1.19. The molecule has 1 rings (SSSR count). The first-order valence-electron chi connectivity index (χ1n) is 4.32. The zero-order chi connectivity index (χ0) is 9.84. The number of halogens is 1. The van der Waals surface area contributed by atoms with Gasteiger partial charge >= 0.3 is 0 Å². The normalized spacial score (nSPS) is 10.5. The van der Waals surface area contributed by atoms with Crippen molar-refractivity contribution in [1.82, 2.24) is 0 Å². The van der Waals surface area contributed by atoms with Crippen LogP contribution < -0.4 is 10.2 Å². The Morgan fingerprint density at radius 1 is 1.38 bits per heavy atom. The molecule has 0 N–H and O–H groups in total. The molecule has 0 saturated carbocycles. The topological polar surface area (TPSA) is 9.23 Å². The molecule has 2 radical (unpaired) electrons. The molecule has 0 saturated heterocycles. The number of ether oxygens (including phenoxy) is 1. The van der Waals surface area contributed by atoms with Gasteiger partial charge in [0.05, 0.1) is 12.9 Å². The summed E-state index contributed by atoms with van der Waals surface area (Å²) in [4.78, 5) is 0. The highest BCUT2D eigenvalue weighted by Crippen LogP contribution is 2.10. The van der Waals surface area contributed by atoms with Crippen LogP contribution in [0.5, 0.6) is 5.75 Å². The van der Waals surface area contributed by atoms with Crippen molar-refractivity contribution in [3.63, 3.8) is 0 Å². The highest BCUT2D eigenvalue weighted by atomic mass is 19.1. The summed E-state index contributed by atoms with van der Waals surface area (Å²) in [6, 6.07) is 4.53. The van der Waals surface area contributed by atoms with Crippen molar-refractivity contribution in [2.24, 2.45) is 0 Å². The monoisotopic (exact) mass is 179 g/mol.